The van der Waals surface area contributed by atoms with E-state index in [1.165, 1.54) is 0 Å². The number of hydrogen-bond donors (Lipinski definition) is 0. The maximum absolute atomic E-state index is 12.3. The van der Waals surface area contributed by atoms with Crippen molar-refractivity contribution in [3.8, 4) is 11.5 Å². The fourth-order valence-corrected chi connectivity index (χ4v) is 3.93. The topological polar surface area (TPSA) is 52.6 Å². The van der Waals surface area contributed by atoms with Crippen LogP contribution in [-0.4, -0.2) is 28.4 Å². The van der Waals surface area contributed by atoms with Crippen LogP contribution in [0.5, 0.6) is 11.5 Å². The first-order valence-corrected chi connectivity index (χ1v) is 9.30. The highest BCUT2D eigenvalue weighted by Gasteiger charge is 2.16. The Labute approximate surface area is 141 Å². The molecule has 0 atom stereocenters. The quantitative estimate of drug-likeness (QED) is 0.763. The summed E-state index contributed by atoms with van der Waals surface area (Å²) in [5.41, 5.74) is 1.45. The van der Waals surface area contributed by atoms with Crippen molar-refractivity contribution in [2.45, 2.75) is 12.2 Å². The van der Waals surface area contributed by atoms with Gasteiger partial charge in [0.25, 0.3) is 0 Å². The molecule has 2 rings (SSSR count). The second kappa shape index (κ2) is 7.70. The standard InChI is InChI=1S/C17H19ClO4S/c1-21-15-8-7-13(17(11-15)22-2)9-10-23(19,20)12-14-5-3-4-6-16(14)18/h3-8,11H,9-10,12H2,1-2H3. The molecule has 0 aliphatic heterocycles. The third-order valence-electron chi connectivity index (χ3n) is 3.51. The first-order chi connectivity index (χ1) is 10.9. The highest BCUT2D eigenvalue weighted by Crippen LogP contribution is 2.26. The number of benzene rings is 2. The molecule has 2 aromatic rings. The Morgan fingerprint density at radius 2 is 1.74 bits per heavy atom. The minimum Gasteiger partial charge on any atom is -0.497 e. The molecule has 2 aromatic carbocycles. The summed E-state index contributed by atoms with van der Waals surface area (Å²) in [5, 5.41) is 0.470. The van der Waals surface area contributed by atoms with E-state index < -0.39 is 9.84 Å². The number of sulfone groups is 1. The van der Waals surface area contributed by atoms with Crippen LogP contribution < -0.4 is 9.47 Å². The summed E-state index contributed by atoms with van der Waals surface area (Å²) in [7, 11) is -0.143. The number of halogens is 1. The molecule has 0 saturated heterocycles. The molecule has 0 aliphatic rings. The molecule has 0 spiro atoms. The summed E-state index contributed by atoms with van der Waals surface area (Å²) in [5.74, 6) is 1.26. The normalized spacial score (nSPS) is 11.3. The fourth-order valence-electron chi connectivity index (χ4n) is 2.25. The van der Waals surface area contributed by atoms with Crippen LogP contribution >= 0.6 is 11.6 Å². The van der Waals surface area contributed by atoms with Gasteiger partial charge < -0.3 is 9.47 Å². The van der Waals surface area contributed by atoms with Crippen LogP contribution in [0.25, 0.3) is 0 Å². The van der Waals surface area contributed by atoms with Gasteiger partial charge in [-0.1, -0.05) is 35.9 Å². The first kappa shape index (κ1) is 17.6. The average molecular weight is 355 g/mol. The number of hydrogen-bond acceptors (Lipinski definition) is 4. The predicted octanol–water partition coefficient (Wildman–Crippen LogP) is 3.51. The average Bonchev–Trinajstić information content (AvgIpc) is 2.55. The van der Waals surface area contributed by atoms with Gasteiger partial charge in [-0.25, -0.2) is 8.42 Å². The van der Waals surface area contributed by atoms with Crippen LogP contribution in [0.3, 0.4) is 0 Å². The van der Waals surface area contributed by atoms with Crippen molar-refractivity contribution in [2.75, 3.05) is 20.0 Å². The van der Waals surface area contributed by atoms with E-state index in [9.17, 15) is 8.42 Å². The molecule has 0 aliphatic carbocycles. The lowest BCUT2D eigenvalue weighted by molar-refractivity contribution is 0.391. The van der Waals surface area contributed by atoms with E-state index >= 15 is 0 Å². The van der Waals surface area contributed by atoms with E-state index in [1.807, 2.05) is 6.07 Å². The molecule has 0 unspecified atom stereocenters. The minimum atomic E-state index is -3.27. The Hall–Kier alpha value is -1.72. The summed E-state index contributed by atoms with van der Waals surface area (Å²) >= 11 is 6.03. The van der Waals surface area contributed by atoms with Gasteiger partial charge in [0, 0.05) is 11.1 Å². The molecule has 0 fully saturated rings. The largest absolute Gasteiger partial charge is 0.497 e. The highest BCUT2D eigenvalue weighted by atomic mass is 35.5. The van der Waals surface area contributed by atoms with Crippen molar-refractivity contribution in [1.82, 2.24) is 0 Å². The SMILES string of the molecule is COc1ccc(CCS(=O)(=O)Cc2ccccc2Cl)c(OC)c1. The van der Waals surface area contributed by atoms with Gasteiger partial charge in [0.05, 0.1) is 25.7 Å². The van der Waals surface area contributed by atoms with Crippen molar-refractivity contribution >= 4 is 21.4 Å². The summed E-state index contributed by atoms with van der Waals surface area (Å²) in [6.07, 6.45) is 0.375. The Morgan fingerprint density at radius 1 is 1.00 bits per heavy atom. The Bertz CT molecular complexity index is 772. The molecule has 23 heavy (non-hydrogen) atoms. The molecule has 0 aromatic heterocycles. The van der Waals surface area contributed by atoms with Gasteiger partial charge in [-0.05, 0) is 29.7 Å². The van der Waals surface area contributed by atoms with Crippen LogP contribution in [0.4, 0.5) is 0 Å². The third kappa shape index (κ3) is 4.88. The zero-order valence-electron chi connectivity index (χ0n) is 13.1. The molecular formula is C17H19ClO4S. The fraction of sp³-hybridized carbons (Fsp3) is 0.294. The Balaban J connectivity index is 2.09. The third-order valence-corrected chi connectivity index (χ3v) is 5.46. The molecule has 0 bridgehead atoms. The smallest absolute Gasteiger partial charge is 0.154 e. The highest BCUT2D eigenvalue weighted by molar-refractivity contribution is 7.90. The van der Waals surface area contributed by atoms with E-state index in [1.54, 1.807) is 50.6 Å². The Morgan fingerprint density at radius 3 is 2.39 bits per heavy atom. The lowest BCUT2D eigenvalue weighted by Gasteiger charge is -2.11. The molecular weight excluding hydrogens is 336 g/mol. The minimum absolute atomic E-state index is 0.0287. The number of aryl methyl sites for hydroxylation is 1. The van der Waals surface area contributed by atoms with Crippen LogP contribution in [0, 0.1) is 0 Å². The molecule has 0 amide bonds. The summed E-state index contributed by atoms with van der Waals surface area (Å²) in [4.78, 5) is 0. The molecule has 0 radical (unpaired) electrons. The van der Waals surface area contributed by atoms with Crippen LogP contribution in [0.15, 0.2) is 42.5 Å². The maximum atomic E-state index is 12.3. The molecule has 6 heteroatoms. The number of methoxy groups -OCH3 is 2. The molecule has 4 nitrogen and oxygen atoms in total. The van der Waals surface area contributed by atoms with Crippen molar-refractivity contribution in [3.63, 3.8) is 0 Å². The maximum Gasteiger partial charge on any atom is 0.154 e. The van der Waals surface area contributed by atoms with Crippen molar-refractivity contribution < 1.29 is 17.9 Å². The first-order valence-electron chi connectivity index (χ1n) is 7.10. The van der Waals surface area contributed by atoms with E-state index in [2.05, 4.69) is 0 Å². The molecule has 0 saturated carbocycles. The van der Waals surface area contributed by atoms with Gasteiger partial charge in [-0.2, -0.15) is 0 Å². The van der Waals surface area contributed by atoms with Gasteiger partial charge in [0.1, 0.15) is 11.5 Å². The monoisotopic (exact) mass is 354 g/mol. The summed E-state index contributed by atoms with van der Waals surface area (Å²) < 4.78 is 35.1. The van der Waals surface area contributed by atoms with Gasteiger partial charge in [0.15, 0.2) is 9.84 Å². The van der Waals surface area contributed by atoms with Gasteiger partial charge in [-0.3, -0.25) is 0 Å². The molecule has 0 heterocycles. The van der Waals surface area contributed by atoms with Crippen molar-refractivity contribution in [1.29, 1.82) is 0 Å². The van der Waals surface area contributed by atoms with E-state index in [4.69, 9.17) is 21.1 Å². The zero-order valence-corrected chi connectivity index (χ0v) is 14.7. The number of ether oxygens (including phenoxy) is 2. The van der Waals surface area contributed by atoms with E-state index in [0.717, 1.165) is 5.56 Å². The predicted molar refractivity (Wildman–Crippen MR) is 92.2 cm³/mol. The van der Waals surface area contributed by atoms with Gasteiger partial charge in [-0.15, -0.1) is 0 Å². The lowest BCUT2D eigenvalue weighted by Crippen LogP contribution is -2.12. The summed E-state index contributed by atoms with van der Waals surface area (Å²) in [6.45, 7) is 0. The molecule has 0 N–H and O–H groups in total. The number of rotatable bonds is 7. The van der Waals surface area contributed by atoms with Gasteiger partial charge >= 0.3 is 0 Å². The van der Waals surface area contributed by atoms with E-state index in [-0.39, 0.29) is 11.5 Å². The molecule has 124 valence electrons. The second-order valence-electron chi connectivity index (χ2n) is 5.11. The van der Waals surface area contributed by atoms with Gasteiger partial charge in [0.2, 0.25) is 0 Å². The van der Waals surface area contributed by atoms with Crippen LogP contribution in [-0.2, 0) is 22.0 Å². The second-order valence-corrected chi connectivity index (χ2v) is 7.70. The van der Waals surface area contributed by atoms with Crippen LogP contribution in [0.2, 0.25) is 5.02 Å². The van der Waals surface area contributed by atoms with Crippen molar-refractivity contribution in [2.24, 2.45) is 0 Å². The van der Waals surface area contributed by atoms with E-state index in [0.29, 0.717) is 28.5 Å². The summed E-state index contributed by atoms with van der Waals surface area (Å²) in [6, 6.07) is 12.3. The zero-order chi connectivity index (χ0) is 16.9. The van der Waals surface area contributed by atoms with Crippen molar-refractivity contribution in [3.05, 3.63) is 58.6 Å². The van der Waals surface area contributed by atoms with Crippen LogP contribution in [0.1, 0.15) is 11.1 Å². The Kier molecular flexibility index (Phi) is 5.91. The lowest BCUT2D eigenvalue weighted by atomic mass is 10.1.